The van der Waals surface area contributed by atoms with Crippen LogP contribution in [0.1, 0.15) is 5.56 Å². The number of amides is 1. The third-order valence-electron chi connectivity index (χ3n) is 4.48. The molecule has 0 radical (unpaired) electrons. The fourth-order valence-electron chi connectivity index (χ4n) is 2.86. The Morgan fingerprint density at radius 2 is 1.62 bits per heavy atom. The van der Waals surface area contributed by atoms with E-state index in [1.807, 2.05) is 24.3 Å². The summed E-state index contributed by atoms with van der Waals surface area (Å²) in [5.74, 6) is 1.15. The topological polar surface area (TPSA) is 66.5 Å². The van der Waals surface area contributed by atoms with Crippen LogP contribution in [-0.4, -0.2) is 33.2 Å². The lowest BCUT2D eigenvalue weighted by Gasteiger charge is -2.24. The van der Waals surface area contributed by atoms with Crippen LogP contribution in [0.2, 0.25) is 5.02 Å². The van der Waals surface area contributed by atoms with Crippen LogP contribution in [0.15, 0.2) is 88.2 Å². The van der Waals surface area contributed by atoms with Crippen LogP contribution in [0.3, 0.4) is 0 Å². The molecule has 0 saturated carbocycles. The maximum absolute atomic E-state index is 13.2. The summed E-state index contributed by atoms with van der Waals surface area (Å²) in [5.41, 5.74) is 1.57. The Hall–Kier alpha value is -2.00. The third-order valence-corrected chi connectivity index (χ3v) is 8.08. The number of halogens is 2. The number of sulfonamides is 1. The first kappa shape index (κ1) is 24.6. The summed E-state index contributed by atoms with van der Waals surface area (Å²) in [6.07, 6.45) is 0. The summed E-state index contributed by atoms with van der Waals surface area (Å²) >= 11 is 10.9. The van der Waals surface area contributed by atoms with Crippen LogP contribution in [0.5, 0.6) is 0 Å². The van der Waals surface area contributed by atoms with Gasteiger partial charge in [-0.15, -0.1) is 0 Å². The number of thioether (sulfide) groups is 1. The smallest absolute Gasteiger partial charge is 0.264 e. The molecule has 5 nitrogen and oxygen atoms in total. The Bertz CT molecular complexity index is 1130. The van der Waals surface area contributed by atoms with Crippen molar-refractivity contribution in [1.29, 1.82) is 0 Å². The third kappa shape index (κ3) is 7.00. The monoisotopic (exact) mass is 552 g/mol. The van der Waals surface area contributed by atoms with Gasteiger partial charge in [0.05, 0.1) is 10.6 Å². The van der Waals surface area contributed by atoms with Gasteiger partial charge < -0.3 is 5.32 Å². The van der Waals surface area contributed by atoms with Crippen LogP contribution < -0.4 is 9.62 Å². The highest BCUT2D eigenvalue weighted by Crippen LogP contribution is 2.25. The summed E-state index contributed by atoms with van der Waals surface area (Å²) in [4.78, 5) is 12.7. The van der Waals surface area contributed by atoms with Crippen molar-refractivity contribution < 1.29 is 13.2 Å². The fraction of sp³-hybridized carbons (Fsp3) is 0.174. The van der Waals surface area contributed by atoms with Gasteiger partial charge in [-0.2, -0.15) is 11.8 Å². The fourth-order valence-corrected chi connectivity index (χ4v) is 5.51. The van der Waals surface area contributed by atoms with Gasteiger partial charge in [0.1, 0.15) is 6.54 Å². The molecule has 3 rings (SSSR count). The van der Waals surface area contributed by atoms with E-state index in [1.54, 1.807) is 54.2 Å². The highest BCUT2D eigenvalue weighted by molar-refractivity contribution is 9.10. The van der Waals surface area contributed by atoms with Gasteiger partial charge in [0, 0.05) is 27.5 Å². The molecule has 0 aliphatic carbocycles. The Morgan fingerprint density at radius 1 is 0.969 bits per heavy atom. The quantitative estimate of drug-likeness (QED) is 0.344. The van der Waals surface area contributed by atoms with Crippen molar-refractivity contribution >= 4 is 60.9 Å². The van der Waals surface area contributed by atoms with E-state index < -0.39 is 10.0 Å². The molecule has 0 aliphatic heterocycles. The molecule has 0 aromatic heterocycles. The lowest BCUT2D eigenvalue weighted by atomic mass is 10.2. The number of hydrogen-bond donors (Lipinski definition) is 1. The van der Waals surface area contributed by atoms with Gasteiger partial charge in [-0.05, 0) is 54.1 Å². The van der Waals surface area contributed by atoms with Gasteiger partial charge in [-0.1, -0.05) is 57.9 Å². The van der Waals surface area contributed by atoms with Crippen LogP contribution in [0.4, 0.5) is 5.69 Å². The molecule has 0 atom stereocenters. The molecule has 0 spiro atoms. The lowest BCUT2D eigenvalue weighted by molar-refractivity contribution is -0.119. The van der Waals surface area contributed by atoms with Crippen molar-refractivity contribution in [3.63, 3.8) is 0 Å². The summed E-state index contributed by atoms with van der Waals surface area (Å²) in [6.45, 7) is 0.136. The number of nitrogens with one attached hydrogen (secondary N) is 1. The SMILES string of the molecule is O=C(CN(c1ccc(Br)cc1)S(=O)(=O)c1ccccc1)NCCSCc1ccc(Cl)cc1. The maximum Gasteiger partial charge on any atom is 0.264 e. The van der Waals surface area contributed by atoms with Gasteiger partial charge in [0.15, 0.2) is 0 Å². The summed E-state index contributed by atoms with van der Waals surface area (Å²) in [6, 6.07) is 22.6. The number of rotatable bonds is 10. The van der Waals surface area contributed by atoms with E-state index in [2.05, 4.69) is 21.2 Å². The molecule has 9 heteroatoms. The average molecular weight is 554 g/mol. The van der Waals surface area contributed by atoms with E-state index >= 15 is 0 Å². The van der Waals surface area contributed by atoms with Gasteiger partial charge in [0.25, 0.3) is 10.0 Å². The Labute approximate surface area is 206 Å². The molecule has 168 valence electrons. The van der Waals surface area contributed by atoms with Crippen LogP contribution in [0, 0.1) is 0 Å². The molecule has 0 bridgehead atoms. The van der Waals surface area contributed by atoms with E-state index in [1.165, 1.54) is 12.1 Å². The van der Waals surface area contributed by atoms with Gasteiger partial charge in [-0.25, -0.2) is 8.42 Å². The molecule has 1 amide bonds. The number of carbonyl (C=O) groups is 1. The predicted molar refractivity (Wildman–Crippen MR) is 136 cm³/mol. The molecule has 0 aliphatic rings. The number of anilines is 1. The zero-order chi connectivity index (χ0) is 23.0. The van der Waals surface area contributed by atoms with Gasteiger partial charge >= 0.3 is 0 Å². The molecule has 32 heavy (non-hydrogen) atoms. The number of hydrogen-bond acceptors (Lipinski definition) is 4. The van der Waals surface area contributed by atoms with E-state index in [0.29, 0.717) is 23.0 Å². The number of carbonyl (C=O) groups excluding carboxylic acids is 1. The van der Waals surface area contributed by atoms with E-state index in [-0.39, 0.29) is 17.3 Å². The Morgan fingerprint density at radius 3 is 2.28 bits per heavy atom. The van der Waals surface area contributed by atoms with Gasteiger partial charge in [0.2, 0.25) is 5.91 Å². The predicted octanol–water partition coefficient (Wildman–Crippen LogP) is 5.35. The summed E-state index contributed by atoms with van der Waals surface area (Å²) in [7, 11) is -3.90. The van der Waals surface area contributed by atoms with Crippen LogP contribution >= 0.6 is 39.3 Å². The largest absolute Gasteiger partial charge is 0.354 e. The van der Waals surface area contributed by atoms with E-state index in [9.17, 15) is 13.2 Å². The highest BCUT2D eigenvalue weighted by atomic mass is 79.9. The van der Waals surface area contributed by atoms with Crippen molar-refractivity contribution in [1.82, 2.24) is 5.32 Å². The molecular formula is C23H22BrClN2O3S2. The minimum Gasteiger partial charge on any atom is -0.354 e. The molecular weight excluding hydrogens is 532 g/mol. The molecule has 0 unspecified atom stereocenters. The summed E-state index contributed by atoms with van der Waals surface area (Å²) in [5, 5.41) is 3.52. The maximum atomic E-state index is 13.2. The second-order valence-electron chi connectivity index (χ2n) is 6.83. The number of nitrogens with zero attached hydrogens (tertiary/aromatic N) is 1. The zero-order valence-electron chi connectivity index (χ0n) is 17.1. The minimum atomic E-state index is -3.90. The highest BCUT2D eigenvalue weighted by Gasteiger charge is 2.26. The summed E-state index contributed by atoms with van der Waals surface area (Å²) < 4.78 is 28.4. The van der Waals surface area contributed by atoms with Crippen molar-refractivity contribution in [3.8, 4) is 0 Å². The van der Waals surface area contributed by atoms with E-state index in [4.69, 9.17) is 11.6 Å². The molecule has 0 saturated heterocycles. The first-order valence-corrected chi connectivity index (χ1v) is 13.5. The van der Waals surface area contributed by atoms with Crippen LogP contribution in [-0.2, 0) is 20.6 Å². The van der Waals surface area contributed by atoms with E-state index in [0.717, 1.165) is 20.1 Å². The van der Waals surface area contributed by atoms with Crippen molar-refractivity contribution in [3.05, 3.63) is 93.9 Å². The molecule has 3 aromatic carbocycles. The van der Waals surface area contributed by atoms with Crippen LogP contribution in [0.25, 0.3) is 0 Å². The van der Waals surface area contributed by atoms with Crippen molar-refractivity contribution in [2.24, 2.45) is 0 Å². The first-order chi connectivity index (χ1) is 15.4. The standard InChI is InChI=1S/C23H22BrClN2O3S2/c24-19-8-12-21(13-9-19)27(32(29,30)22-4-2-1-3-5-22)16-23(28)26-14-15-31-17-18-6-10-20(25)11-7-18/h1-13H,14-17H2,(H,26,28). The molecule has 0 heterocycles. The van der Waals surface area contributed by atoms with Gasteiger partial charge in [-0.3, -0.25) is 9.10 Å². The van der Waals surface area contributed by atoms with Crippen molar-refractivity contribution in [2.45, 2.75) is 10.6 Å². The Kier molecular flexibility index (Phi) is 9.04. The molecule has 0 fully saturated rings. The number of benzene rings is 3. The zero-order valence-corrected chi connectivity index (χ0v) is 21.1. The second kappa shape index (κ2) is 11.7. The second-order valence-corrected chi connectivity index (χ2v) is 11.1. The average Bonchev–Trinajstić information content (AvgIpc) is 2.80. The minimum absolute atomic E-state index is 0.134. The first-order valence-electron chi connectivity index (χ1n) is 9.78. The Balaban J connectivity index is 1.61. The molecule has 1 N–H and O–H groups in total. The van der Waals surface area contributed by atoms with Crippen molar-refractivity contribution in [2.75, 3.05) is 23.1 Å². The normalized spacial score (nSPS) is 11.2. The lowest BCUT2D eigenvalue weighted by Crippen LogP contribution is -2.41. The molecule has 3 aromatic rings.